The lowest BCUT2D eigenvalue weighted by atomic mass is 9.60. The molecule has 2 heterocycles. The summed E-state index contributed by atoms with van der Waals surface area (Å²) in [7, 11) is 1.71. The Bertz CT molecular complexity index is 377. The van der Waals surface area contributed by atoms with Gasteiger partial charge in [0, 0.05) is 31.3 Å². The number of fused-ring (bicyclic) bond motifs is 2. The smallest absolute Gasteiger partial charge is 0.0935 e. The van der Waals surface area contributed by atoms with Crippen LogP contribution in [0.1, 0.15) is 32.1 Å². The molecule has 20 heavy (non-hydrogen) atoms. The molecule has 0 spiro atoms. The molecule has 2 aliphatic carbocycles. The summed E-state index contributed by atoms with van der Waals surface area (Å²) in [6.45, 7) is 2.48. The molecule has 0 bridgehead atoms. The van der Waals surface area contributed by atoms with Crippen molar-refractivity contribution >= 4 is 0 Å². The van der Waals surface area contributed by atoms with Crippen molar-refractivity contribution in [2.24, 2.45) is 23.7 Å². The maximum atomic E-state index is 12.2. The van der Waals surface area contributed by atoms with Crippen LogP contribution in [0.4, 0.5) is 0 Å². The highest BCUT2D eigenvalue weighted by atomic mass is 16.5. The highest BCUT2D eigenvalue weighted by molar-refractivity contribution is 4.99. The Kier molecular flexibility index (Phi) is 3.33. The third kappa shape index (κ3) is 1.96. The highest BCUT2D eigenvalue weighted by Gasteiger charge is 2.56. The van der Waals surface area contributed by atoms with E-state index < -0.39 is 0 Å². The minimum atomic E-state index is -0.341. The summed E-state index contributed by atoms with van der Waals surface area (Å²) in [6.07, 6.45) is 4.24. The van der Waals surface area contributed by atoms with Crippen molar-refractivity contribution in [2.45, 2.75) is 56.5 Å². The number of hydrogen-bond acceptors (Lipinski definition) is 3. The predicted molar refractivity (Wildman–Crippen MR) is 72.1 cm³/mol. The van der Waals surface area contributed by atoms with Crippen LogP contribution in [0.3, 0.4) is 0 Å². The van der Waals surface area contributed by atoms with E-state index in [9.17, 15) is 10.2 Å². The van der Waals surface area contributed by atoms with E-state index in [1.165, 1.54) is 19.5 Å². The van der Waals surface area contributed by atoms with Crippen LogP contribution < -0.4 is 10.0 Å². The van der Waals surface area contributed by atoms with E-state index in [1.54, 1.807) is 12.0 Å². The molecule has 9 unspecified atom stereocenters. The van der Waals surface area contributed by atoms with Crippen molar-refractivity contribution in [1.29, 1.82) is 0 Å². The molecular weight excluding hydrogens is 254 g/mol. The van der Waals surface area contributed by atoms with Crippen molar-refractivity contribution in [3.8, 4) is 0 Å². The van der Waals surface area contributed by atoms with E-state index in [4.69, 9.17) is 4.74 Å². The first-order valence-corrected chi connectivity index (χ1v) is 8.38. The lowest BCUT2D eigenvalue weighted by molar-refractivity contribution is -0.931. The van der Waals surface area contributed by atoms with Gasteiger partial charge in [0.15, 0.2) is 0 Å². The predicted octanol–water partition coefficient (Wildman–Crippen LogP) is -1.19. The first kappa shape index (κ1) is 13.5. The molecule has 0 aromatic rings. The molecule has 2 aliphatic heterocycles. The largest absolute Gasteiger partial charge is 0.852 e. The van der Waals surface area contributed by atoms with E-state index in [0.717, 1.165) is 31.7 Å². The number of aliphatic hydroxyl groups excluding tert-OH is 1. The number of ether oxygens (including phenoxy) is 1. The third-order valence-corrected chi connectivity index (χ3v) is 6.84. The lowest BCUT2D eigenvalue weighted by Gasteiger charge is -2.54. The molecule has 4 nitrogen and oxygen atoms in total. The van der Waals surface area contributed by atoms with E-state index in [0.29, 0.717) is 23.7 Å². The van der Waals surface area contributed by atoms with Crippen molar-refractivity contribution in [2.75, 3.05) is 20.2 Å². The highest BCUT2D eigenvalue weighted by Crippen LogP contribution is 2.46. The number of aliphatic hydroxyl groups is 1. The van der Waals surface area contributed by atoms with Gasteiger partial charge in [-0.3, -0.25) is 0 Å². The van der Waals surface area contributed by atoms with E-state index in [1.807, 2.05) is 0 Å². The van der Waals surface area contributed by atoms with Crippen LogP contribution in [0.2, 0.25) is 0 Å². The summed E-state index contributed by atoms with van der Waals surface area (Å²) in [5.41, 5.74) is 0. The zero-order valence-electron chi connectivity index (χ0n) is 12.3. The fourth-order valence-electron chi connectivity index (χ4n) is 6.13. The third-order valence-electron chi connectivity index (χ3n) is 6.84. The summed E-state index contributed by atoms with van der Waals surface area (Å²) in [5, 5.41) is 22.4. The minimum Gasteiger partial charge on any atom is -0.852 e. The van der Waals surface area contributed by atoms with Crippen molar-refractivity contribution in [3.63, 3.8) is 0 Å². The van der Waals surface area contributed by atoms with Gasteiger partial charge >= 0.3 is 0 Å². The summed E-state index contributed by atoms with van der Waals surface area (Å²) < 4.78 is 5.49. The topological polar surface area (TPSA) is 57.0 Å². The maximum absolute atomic E-state index is 12.2. The lowest BCUT2D eigenvalue weighted by Crippen LogP contribution is -3.17. The second-order valence-electron chi connectivity index (χ2n) is 7.68. The second kappa shape index (κ2) is 4.94. The molecule has 4 fully saturated rings. The quantitative estimate of drug-likeness (QED) is 0.636. The van der Waals surface area contributed by atoms with Gasteiger partial charge < -0.3 is 19.8 Å². The SMILES string of the molecule is COC1CC2C(CC1O)C[NH+]1CCC3CC([O-])CC2C31. The summed E-state index contributed by atoms with van der Waals surface area (Å²) in [5.74, 6) is 2.50. The van der Waals surface area contributed by atoms with Crippen LogP contribution in [0.25, 0.3) is 0 Å². The Morgan fingerprint density at radius 3 is 2.75 bits per heavy atom. The van der Waals surface area contributed by atoms with Gasteiger partial charge in [0.05, 0.1) is 31.3 Å². The fraction of sp³-hybridized carbons (Fsp3) is 1.00. The average Bonchev–Trinajstić information content (AvgIpc) is 2.81. The molecule has 2 saturated carbocycles. The maximum Gasteiger partial charge on any atom is 0.0935 e. The van der Waals surface area contributed by atoms with Gasteiger partial charge in [-0.05, 0) is 18.8 Å². The number of quaternary nitrogens is 1. The van der Waals surface area contributed by atoms with Crippen LogP contribution in [-0.2, 0) is 4.74 Å². The summed E-state index contributed by atoms with van der Waals surface area (Å²) in [4.78, 5) is 1.75. The molecule has 4 rings (SSSR count). The van der Waals surface area contributed by atoms with Gasteiger partial charge in [-0.1, -0.05) is 12.8 Å². The van der Waals surface area contributed by atoms with Crippen LogP contribution >= 0.6 is 0 Å². The molecule has 2 N–H and O–H groups in total. The average molecular weight is 281 g/mol. The van der Waals surface area contributed by atoms with Gasteiger partial charge in [-0.25, -0.2) is 0 Å². The molecule has 0 amide bonds. The van der Waals surface area contributed by atoms with Crippen LogP contribution in [0, 0.1) is 23.7 Å². The van der Waals surface area contributed by atoms with Gasteiger partial charge in [-0.15, -0.1) is 6.10 Å². The molecule has 0 radical (unpaired) electrons. The van der Waals surface area contributed by atoms with Crippen molar-refractivity contribution in [1.82, 2.24) is 0 Å². The first-order chi connectivity index (χ1) is 9.67. The summed E-state index contributed by atoms with van der Waals surface area (Å²) >= 11 is 0. The van der Waals surface area contributed by atoms with Gasteiger partial charge in [0.25, 0.3) is 0 Å². The monoisotopic (exact) mass is 281 g/mol. The standard InChI is InChI=1S/C16H26NO3/c1-20-15-7-12-10(5-14(15)19)8-17-3-2-9-4-11(18)6-13(12)16(9)17/h9-16,19H,2-8H2,1H3/q-1/p+1. The number of methoxy groups -OCH3 is 1. The van der Waals surface area contributed by atoms with Crippen molar-refractivity contribution in [3.05, 3.63) is 0 Å². The Morgan fingerprint density at radius 2 is 1.95 bits per heavy atom. The Morgan fingerprint density at radius 1 is 1.10 bits per heavy atom. The van der Waals surface area contributed by atoms with Gasteiger partial charge in [0.2, 0.25) is 0 Å². The van der Waals surface area contributed by atoms with Crippen molar-refractivity contribution < 1.29 is 19.8 Å². The zero-order valence-corrected chi connectivity index (χ0v) is 12.3. The Balaban J connectivity index is 1.60. The molecule has 114 valence electrons. The first-order valence-electron chi connectivity index (χ1n) is 8.38. The number of hydrogen-bond donors (Lipinski definition) is 2. The molecule has 2 saturated heterocycles. The van der Waals surface area contributed by atoms with Gasteiger partial charge in [-0.2, -0.15) is 0 Å². The second-order valence-corrected chi connectivity index (χ2v) is 7.68. The van der Waals surface area contributed by atoms with E-state index in [2.05, 4.69) is 0 Å². The number of rotatable bonds is 1. The Labute approximate surface area is 121 Å². The van der Waals surface area contributed by atoms with E-state index in [-0.39, 0.29) is 18.3 Å². The van der Waals surface area contributed by atoms with Crippen LogP contribution in [0.5, 0.6) is 0 Å². The molecule has 4 aliphatic rings. The van der Waals surface area contributed by atoms with E-state index >= 15 is 0 Å². The molecular formula is C16H27NO3. The zero-order chi connectivity index (χ0) is 13.9. The molecule has 9 atom stereocenters. The van der Waals surface area contributed by atoms with Crippen LogP contribution in [-0.4, -0.2) is 49.7 Å². The number of piperidine rings is 1. The Hall–Kier alpha value is -0.160. The van der Waals surface area contributed by atoms with Crippen LogP contribution in [0.15, 0.2) is 0 Å². The molecule has 0 aromatic carbocycles. The molecule has 4 heteroatoms. The normalized spacial score (nSPS) is 58.0. The molecule has 0 aromatic heterocycles. The summed E-state index contributed by atoms with van der Waals surface area (Å²) in [6, 6.07) is 0.745. The fourth-order valence-corrected chi connectivity index (χ4v) is 6.13. The number of nitrogens with one attached hydrogen (secondary N) is 1. The van der Waals surface area contributed by atoms with Gasteiger partial charge in [0.1, 0.15) is 0 Å². The minimum absolute atomic E-state index is 0.00955.